The molecule has 4 atom stereocenters. The normalized spacial score (nSPS) is 13.8. The second-order valence-corrected chi connectivity index (χ2v) is 9.39. The smallest absolute Gasteiger partial charge is 0.326 e. The molecular weight excluding hydrogens is 518 g/mol. The van der Waals surface area contributed by atoms with Gasteiger partial charge in [0.2, 0.25) is 17.7 Å². The molecule has 0 saturated heterocycles. The van der Waals surface area contributed by atoms with E-state index in [-0.39, 0.29) is 19.3 Å². The molecule has 0 saturated carbocycles. The van der Waals surface area contributed by atoms with E-state index in [2.05, 4.69) is 16.0 Å². The molecule has 0 fully saturated rings. The maximum atomic E-state index is 13.3. The summed E-state index contributed by atoms with van der Waals surface area (Å²) in [5, 5.41) is 26.1. The van der Waals surface area contributed by atoms with Gasteiger partial charge in [-0.25, -0.2) is 4.79 Å². The zero-order valence-corrected chi connectivity index (χ0v) is 22.1. The average Bonchev–Trinajstić information content (AvgIpc) is 2.92. The Morgan fingerprint density at radius 3 is 1.70 bits per heavy atom. The third kappa shape index (κ3) is 11.2. The monoisotopic (exact) mass is 555 g/mol. The van der Waals surface area contributed by atoms with Crippen molar-refractivity contribution in [2.24, 2.45) is 11.5 Å². The van der Waals surface area contributed by atoms with Crippen molar-refractivity contribution >= 4 is 29.7 Å². The van der Waals surface area contributed by atoms with Crippen LogP contribution in [0.1, 0.15) is 36.8 Å². The first-order chi connectivity index (χ1) is 19.1. The van der Waals surface area contributed by atoms with Gasteiger partial charge in [-0.15, -0.1) is 0 Å². The minimum atomic E-state index is -1.59. The van der Waals surface area contributed by atoms with Crippen molar-refractivity contribution in [1.29, 1.82) is 0 Å². The number of nitrogens with two attached hydrogens (primary N) is 2. The lowest BCUT2D eigenvalue weighted by Crippen LogP contribution is -2.58. The highest BCUT2D eigenvalue weighted by molar-refractivity contribution is 5.95. The van der Waals surface area contributed by atoms with E-state index in [4.69, 9.17) is 11.5 Å². The van der Waals surface area contributed by atoms with Crippen LogP contribution in [0, 0.1) is 0 Å². The molecule has 216 valence electrons. The quantitative estimate of drug-likeness (QED) is 0.130. The first-order valence-corrected chi connectivity index (χ1v) is 13.0. The van der Waals surface area contributed by atoms with Crippen molar-refractivity contribution in [3.8, 4) is 0 Å². The molecule has 0 aromatic heterocycles. The Morgan fingerprint density at radius 1 is 0.675 bits per heavy atom. The number of carbonyl (C=O) groups excluding carboxylic acids is 3. The van der Waals surface area contributed by atoms with Crippen LogP contribution in [0.15, 0.2) is 60.7 Å². The maximum Gasteiger partial charge on any atom is 0.326 e. The first-order valence-electron chi connectivity index (χ1n) is 13.0. The number of aliphatic carboxylic acids is 2. The second kappa shape index (κ2) is 16.6. The predicted molar refractivity (Wildman–Crippen MR) is 147 cm³/mol. The van der Waals surface area contributed by atoms with Crippen LogP contribution in [0.5, 0.6) is 0 Å². The molecule has 0 bridgehead atoms. The van der Waals surface area contributed by atoms with E-state index in [9.17, 15) is 34.2 Å². The zero-order chi connectivity index (χ0) is 29.5. The topological polar surface area (TPSA) is 214 Å². The number of hydrogen-bond donors (Lipinski definition) is 7. The molecule has 12 heteroatoms. The van der Waals surface area contributed by atoms with Crippen molar-refractivity contribution in [1.82, 2.24) is 16.0 Å². The molecule has 9 N–H and O–H groups in total. The summed E-state index contributed by atoms with van der Waals surface area (Å²) in [6.07, 6.45) is 0.510. The Balaban J connectivity index is 2.19. The summed E-state index contributed by atoms with van der Waals surface area (Å²) in [4.78, 5) is 62.2. The minimum Gasteiger partial charge on any atom is -0.481 e. The number of nitrogens with one attached hydrogen (secondary N) is 3. The molecule has 2 aromatic rings. The van der Waals surface area contributed by atoms with Gasteiger partial charge in [-0.2, -0.15) is 0 Å². The standard InChI is InChI=1S/C28H37N5O7/c29-14-8-7-13-21(28(39)40)31-27(38)23(17-24(34)35)33-26(37)22(16-19-11-5-2-6-12-19)32-25(36)20(30)15-18-9-3-1-4-10-18/h1-6,9-12,20-23H,7-8,13-17,29-30H2,(H,31,38)(H,32,36)(H,33,37)(H,34,35)(H,39,40). The van der Waals surface area contributed by atoms with E-state index in [1.54, 1.807) is 30.3 Å². The number of carbonyl (C=O) groups is 5. The van der Waals surface area contributed by atoms with Crippen molar-refractivity contribution in [3.05, 3.63) is 71.8 Å². The number of carboxylic acids is 2. The average molecular weight is 556 g/mol. The van der Waals surface area contributed by atoms with Gasteiger partial charge in [-0.05, 0) is 43.4 Å². The fraction of sp³-hybridized carbons (Fsp3) is 0.393. The van der Waals surface area contributed by atoms with E-state index in [1.807, 2.05) is 30.3 Å². The van der Waals surface area contributed by atoms with E-state index in [1.165, 1.54) is 0 Å². The fourth-order valence-electron chi connectivity index (χ4n) is 3.98. The summed E-state index contributed by atoms with van der Waals surface area (Å²) in [6, 6.07) is 12.8. The molecule has 0 aliphatic carbocycles. The van der Waals surface area contributed by atoms with Gasteiger partial charge in [0.25, 0.3) is 0 Å². The number of unbranched alkanes of at least 4 members (excludes halogenated alkanes) is 1. The summed E-state index contributed by atoms with van der Waals surface area (Å²) in [6.45, 7) is 0.349. The van der Waals surface area contributed by atoms with Gasteiger partial charge in [0.05, 0.1) is 12.5 Å². The third-order valence-electron chi connectivity index (χ3n) is 6.12. The Labute approximate surface area is 232 Å². The van der Waals surface area contributed by atoms with Crippen LogP contribution in [0.4, 0.5) is 0 Å². The molecule has 0 radical (unpaired) electrons. The van der Waals surface area contributed by atoms with Gasteiger partial charge in [-0.1, -0.05) is 60.7 Å². The van der Waals surface area contributed by atoms with Gasteiger partial charge < -0.3 is 37.6 Å². The van der Waals surface area contributed by atoms with Gasteiger partial charge >= 0.3 is 11.9 Å². The van der Waals surface area contributed by atoms with E-state index in [0.29, 0.717) is 24.9 Å². The van der Waals surface area contributed by atoms with Crippen LogP contribution in [-0.4, -0.2) is 70.6 Å². The summed E-state index contributed by atoms with van der Waals surface area (Å²) < 4.78 is 0. The van der Waals surface area contributed by atoms with Crippen LogP contribution in [0.25, 0.3) is 0 Å². The highest BCUT2D eigenvalue weighted by atomic mass is 16.4. The van der Waals surface area contributed by atoms with Crippen LogP contribution in [0.3, 0.4) is 0 Å². The third-order valence-corrected chi connectivity index (χ3v) is 6.12. The molecule has 0 heterocycles. The van der Waals surface area contributed by atoms with Crippen molar-refractivity contribution < 1.29 is 34.2 Å². The van der Waals surface area contributed by atoms with E-state index >= 15 is 0 Å². The maximum absolute atomic E-state index is 13.3. The molecule has 0 aliphatic heterocycles. The molecule has 0 aliphatic rings. The molecule has 12 nitrogen and oxygen atoms in total. The SMILES string of the molecule is NCCCCC(NC(=O)C(CC(=O)O)NC(=O)C(Cc1ccccc1)NC(=O)C(N)Cc1ccccc1)C(=O)O. The fourth-order valence-corrected chi connectivity index (χ4v) is 3.98. The number of rotatable bonds is 17. The zero-order valence-electron chi connectivity index (χ0n) is 22.1. The van der Waals surface area contributed by atoms with E-state index < -0.39 is 60.2 Å². The second-order valence-electron chi connectivity index (χ2n) is 9.39. The molecule has 3 amide bonds. The summed E-state index contributed by atoms with van der Waals surface area (Å²) in [5.74, 6) is -5.08. The first kappa shape index (κ1) is 31.9. The van der Waals surface area contributed by atoms with Gasteiger partial charge in [0, 0.05) is 6.42 Å². The highest BCUT2D eigenvalue weighted by Crippen LogP contribution is 2.08. The molecule has 40 heavy (non-hydrogen) atoms. The molecule has 2 aromatic carbocycles. The Morgan fingerprint density at radius 2 is 1.18 bits per heavy atom. The van der Waals surface area contributed by atoms with Crippen LogP contribution >= 0.6 is 0 Å². The van der Waals surface area contributed by atoms with Gasteiger partial charge in [-0.3, -0.25) is 19.2 Å². The summed E-state index contributed by atoms with van der Waals surface area (Å²) in [7, 11) is 0. The van der Waals surface area contributed by atoms with Crippen LogP contribution in [-0.2, 0) is 36.8 Å². The Hall–Kier alpha value is -4.29. The minimum absolute atomic E-state index is 0.0364. The molecule has 4 unspecified atom stereocenters. The Bertz CT molecular complexity index is 1130. The lowest BCUT2D eigenvalue weighted by molar-refractivity contribution is -0.143. The van der Waals surface area contributed by atoms with Crippen molar-refractivity contribution in [2.45, 2.75) is 62.7 Å². The van der Waals surface area contributed by atoms with Gasteiger partial charge in [0.15, 0.2) is 0 Å². The number of carboxylic acid groups (broad SMARTS) is 2. The van der Waals surface area contributed by atoms with Crippen LogP contribution in [0.2, 0.25) is 0 Å². The largest absolute Gasteiger partial charge is 0.481 e. The lowest BCUT2D eigenvalue weighted by Gasteiger charge is -2.25. The highest BCUT2D eigenvalue weighted by Gasteiger charge is 2.31. The van der Waals surface area contributed by atoms with E-state index in [0.717, 1.165) is 5.56 Å². The number of hydrogen-bond acceptors (Lipinski definition) is 7. The lowest BCUT2D eigenvalue weighted by atomic mass is 10.0. The molecule has 0 spiro atoms. The summed E-state index contributed by atoms with van der Waals surface area (Å²) >= 11 is 0. The molecular formula is C28H37N5O7. The van der Waals surface area contributed by atoms with Gasteiger partial charge in [0.1, 0.15) is 18.1 Å². The Kier molecular flexibility index (Phi) is 13.3. The van der Waals surface area contributed by atoms with Crippen molar-refractivity contribution in [3.63, 3.8) is 0 Å². The van der Waals surface area contributed by atoms with Crippen molar-refractivity contribution in [2.75, 3.05) is 6.54 Å². The predicted octanol–water partition coefficient (Wildman–Crippen LogP) is -0.0582. The molecule has 2 rings (SSSR count). The number of benzene rings is 2. The summed E-state index contributed by atoms with van der Waals surface area (Å²) in [5.41, 5.74) is 13.1. The number of amides is 3. The van der Waals surface area contributed by atoms with Crippen LogP contribution < -0.4 is 27.4 Å².